The number of benzene rings is 1. The van der Waals surface area contributed by atoms with E-state index in [-0.39, 0.29) is 16.8 Å². The summed E-state index contributed by atoms with van der Waals surface area (Å²) in [5.74, 6) is -2.52. The van der Waals surface area contributed by atoms with Gasteiger partial charge in [-0.1, -0.05) is 0 Å². The fourth-order valence-corrected chi connectivity index (χ4v) is 2.95. The Morgan fingerprint density at radius 2 is 1.85 bits per heavy atom. The molecule has 0 fully saturated rings. The van der Waals surface area contributed by atoms with Gasteiger partial charge in [-0.2, -0.15) is 0 Å². The van der Waals surface area contributed by atoms with Crippen molar-refractivity contribution in [3.63, 3.8) is 0 Å². The van der Waals surface area contributed by atoms with E-state index in [1.807, 2.05) is 0 Å². The van der Waals surface area contributed by atoms with Crippen molar-refractivity contribution in [2.24, 2.45) is 0 Å². The van der Waals surface area contributed by atoms with Crippen molar-refractivity contribution in [2.45, 2.75) is 26.9 Å². The van der Waals surface area contributed by atoms with Gasteiger partial charge in [0.25, 0.3) is 0 Å². The molecule has 26 heavy (non-hydrogen) atoms. The standard InChI is InChI=1S/C18H17BrFNO5/c1-8-14(18(24)25-4)9(2)21-15(8)16(22)10(3)26-17(23)12-7-11(20)5-6-13(12)19/h5-7,10,21H,1-4H3. The number of Topliss-reactive ketones (excluding diaryl/α,β-unsaturated/α-hetero) is 1. The van der Waals surface area contributed by atoms with Crippen molar-refractivity contribution in [1.82, 2.24) is 4.98 Å². The number of hydrogen-bond donors (Lipinski definition) is 1. The van der Waals surface area contributed by atoms with Crippen LogP contribution in [0.25, 0.3) is 0 Å². The van der Waals surface area contributed by atoms with E-state index in [0.29, 0.717) is 15.7 Å². The Morgan fingerprint density at radius 3 is 2.46 bits per heavy atom. The summed E-state index contributed by atoms with van der Waals surface area (Å²) < 4.78 is 23.5. The van der Waals surface area contributed by atoms with Gasteiger partial charge in [0.15, 0.2) is 6.10 Å². The number of ether oxygens (including phenoxy) is 2. The van der Waals surface area contributed by atoms with Crippen LogP contribution in [-0.4, -0.2) is 35.9 Å². The minimum absolute atomic E-state index is 0.0284. The molecule has 0 aliphatic heterocycles. The first-order valence-electron chi connectivity index (χ1n) is 7.65. The highest BCUT2D eigenvalue weighted by Crippen LogP contribution is 2.23. The molecule has 1 unspecified atom stereocenters. The summed E-state index contributed by atoms with van der Waals surface area (Å²) in [5.41, 5.74) is 1.28. The average molecular weight is 426 g/mol. The summed E-state index contributed by atoms with van der Waals surface area (Å²) in [6.07, 6.45) is -1.14. The van der Waals surface area contributed by atoms with Gasteiger partial charge in [0, 0.05) is 10.2 Å². The monoisotopic (exact) mass is 425 g/mol. The van der Waals surface area contributed by atoms with Crippen molar-refractivity contribution in [1.29, 1.82) is 0 Å². The summed E-state index contributed by atoms with van der Waals surface area (Å²) in [6, 6.07) is 3.58. The molecule has 1 N–H and O–H groups in total. The molecule has 8 heteroatoms. The number of rotatable bonds is 5. The van der Waals surface area contributed by atoms with Crippen LogP contribution in [0.15, 0.2) is 22.7 Å². The zero-order valence-electron chi connectivity index (χ0n) is 14.6. The van der Waals surface area contributed by atoms with E-state index in [4.69, 9.17) is 9.47 Å². The van der Waals surface area contributed by atoms with Gasteiger partial charge in [-0.25, -0.2) is 14.0 Å². The molecule has 0 radical (unpaired) electrons. The molecule has 1 aromatic heterocycles. The van der Waals surface area contributed by atoms with Gasteiger partial charge in [-0.15, -0.1) is 0 Å². The Hall–Kier alpha value is -2.48. The lowest BCUT2D eigenvalue weighted by Crippen LogP contribution is -2.25. The van der Waals surface area contributed by atoms with Gasteiger partial charge >= 0.3 is 11.9 Å². The SMILES string of the molecule is COC(=O)c1c(C)[nH]c(C(=O)C(C)OC(=O)c2cc(F)ccc2Br)c1C. The van der Waals surface area contributed by atoms with Crippen molar-refractivity contribution in [2.75, 3.05) is 7.11 Å². The van der Waals surface area contributed by atoms with Crippen LogP contribution in [0.5, 0.6) is 0 Å². The first kappa shape index (κ1) is 19.8. The minimum Gasteiger partial charge on any atom is -0.465 e. The summed E-state index contributed by atoms with van der Waals surface area (Å²) in [6.45, 7) is 4.64. The molecule has 1 heterocycles. The number of ketones is 1. The molecule has 1 aromatic carbocycles. The van der Waals surface area contributed by atoms with Crippen LogP contribution in [0.4, 0.5) is 4.39 Å². The zero-order valence-corrected chi connectivity index (χ0v) is 16.2. The summed E-state index contributed by atoms with van der Waals surface area (Å²) in [7, 11) is 1.25. The van der Waals surface area contributed by atoms with E-state index in [9.17, 15) is 18.8 Å². The smallest absolute Gasteiger partial charge is 0.340 e. The molecule has 0 aliphatic carbocycles. The summed E-state index contributed by atoms with van der Waals surface area (Å²) in [4.78, 5) is 39.5. The average Bonchev–Trinajstić information content (AvgIpc) is 2.89. The maximum atomic E-state index is 13.3. The minimum atomic E-state index is -1.14. The molecule has 2 aromatic rings. The molecule has 0 aliphatic rings. The van der Waals surface area contributed by atoms with Gasteiger partial charge in [-0.05, 0) is 60.5 Å². The number of hydrogen-bond acceptors (Lipinski definition) is 5. The number of carbonyl (C=O) groups excluding carboxylic acids is 3. The van der Waals surface area contributed by atoms with E-state index in [2.05, 4.69) is 20.9 Å². The van der Waals surface area contributed by atoms with Crippen LogP contribution in [0, 0.1) is 19.7 Å². The molecular formula is C18H17BrFNO5. The third-order valence-corrected chi connectivity index (χ3v) is 4.57. The maximum Gasteiger partial charge on any atom is 0.340 e. The predicted octanol–water partition coefficient (Wildman–Crippen LogP) is 3.75. The molecule has 0 spiro atoms. The van der Waals surface area contributed by atoms with Gasteiger partial charge in [0.2, 0.25) is 5.78 Å². The lowest BCUT2D eigenvalue weighted by Gasteiger charge is -2.13. The second-order valence-corrected chi connectivity index (χ2v) is 6.51. The van der Waals surface area contributed by atoms with Crippen LogP contribution in [0.2, 0.25) is 0 Å². The van der Waals surface area contributed by atoms with Crippen LogP contribution >= 0.6 is 15.9 Å². The van der Waals surface area contributed by atoms with E-state index >= 15 is 0 Å². The zero-order chi connectivity index (χ0) is 19.6. The molecule has 0 bridgehead atoms. The number of halogens is 2. The first-order valence-corrected chi connectivity index (χ1v) is 8.44. The van der Waals surface area contributed by atoms with E-state index < -0.39 is 29.6 Å². The molecule has 0 saturated carbocycles. The molecule has 6 nitrogen and oxygen atoms in total. The van der Waals surface area contributed by atoms with Crippen molar-refractivity contribution in [3.8, 4) is 0 Å². The predicted molar refractivity (Wildman–Crippen MR) is 94.9 cm³/mol. The molecule has 138 valence electrons. The highest BCUT2D eigenvalue weighted by molar-refractivity contribution is 9.10. The summed E-state index contributed by atoms with van der Waals surface area (Å²) in [5, 5.41) is 0. The fourth-order valence-electron chi connectivity index (χ4n) is 2.54. The van der Waals surface area contributed by atoms with Crippen LogP contribution in [0.3, 0.4) is 0 Å². The van der Waals surface area contributed by atoms with E-state index in [0.717, 1.165) is 6.07 Å². The maximum absolute atomic E-state index is 13.3. The number of aromatic amines is 1. The second kappa shape index (κ2) is 7.82. The van der Waals surface area contributed by atoms with Gasteiger partial charge in [-0.3, -0.25) is 4.79 Å². The Balaban J connectivity index is 2.24. The number of aromatic nitrogens is 1. The van der Waals surface area contributed by atoms with Crippen molar-refractivity contribution in [3.05, 3.63) is 56.6 Å². The number of nitrogens with one attached hydrogen (secondary N) is 1. The lowest BCUT2D eigenvalue weighted by molar-refractivity contribution is 0.0315. The number of esters is 2. The van der Waals surface area contributed by atoms with Crippen molar-refractivity contribution < 1.29 is 28.2 Å². The fraction of sp³-hybridized carbons (Fsp3) is 0.278. The highest BCUT2D eigenvalue weighted by atomic mass is 79.9. The molecule has 0 saturated heterocycles. The topological polar surface area (TPSA) is 85.5 Å². The Labute approximate surface area is 157 Å². The number of aryl methyl sites for hydroxylation is 1. The quantitative estimate of drug-likeness (QED) is 0.582. The first-order chi connectivity index (χ1) is 12.2. The van der Waals surface area contributed by atoms with Crippen molar-refractivity contribution >= 4 is 33.7 Å². The van der Waals surface area contributed by atoms with Crippen LogP contribution < -0.4 is 0 Å². The molecule has 0 amide bonds. The summed E-state index contributed by atoms with van der Waals surface area (Å²) >= 11 is 3.14. The third kappa shape index (κ3) is 3.85. The Morgan fingerprint density at radius 1 is 1.19 bits per heavy atom. The third-order valence-electron chi connectivity index (χ3n) is 3.87. The number of H-pyrrole nitrogens is 1. The molecular weight excluding hydrogens is 409 g/mol. The highest BCUT2D eigenvalue weighted by Gasteiger charge is 2.28. The second-order valence-electron chi connectivity index (χ2n) is 5.65. The van der Waals surface area contributed by atoms with Gasteiger partial charge in [0.1, 0.15) is 5.82 Å². The Bertz CT molecular complexity index is 890. The molecule has 2 rings (SSSR count). The van der Waals surface area contributed by atoms with Crippen LogP contribution in [-0.2, 0) is 9.47 Å². The Kier molecular flexibility index (Phi) is 5.97. The lowest BCUT2D eigenvalue weighted by atomic mass is 10.1. The van der Waals surface area contributed by atoms with E-state index in [1.54, 1.807) is 13.8 Å². The van der Waals surface area contributed by atoms with Crippen LogP contribution in [0.1, 0.15) is 49.4 Å². The number of carbonyl (C=O) groups is 3. The number of methoxy groups -OCH3 is 1. The van der Waals surface area contributed by atoms with Gasteiger partial charge < -0.3 is 14.5 Å². The largest absolute Gasteiger partial charge is 0.465 e. The normalized spacial score (nSPS) is 11.8. The van der Waals surface area contributed by atoms with Gasteiger partial charge in [0.05, 0.1) is 23.9 Å². The molecule has 1 atom stereocenters. The van der Waals surface area contributed by atoms with E-state index in [1.165, 1.54) is 26.2 Å².